The minimum Gasteiger partial charge on any atom is -0.490 e. The summed E-state index contributed by atoms with van der Waals surface area (Å²) >= 11 is 0. The van der Waals surface area contributed by atoms with E-state index in [0.29, 0.717) is 18.1 Å². The lowest BCUT2D eigenvalue weighted by Crippen LogP contribution is -2.24. The van der Waals surface area contributed by atoms with E-state index in [1.807, 2.05) is 0 Å². The van der Waals surface area contributed by atoms with Gasteiger partial charge in [-0.15, -0.1) is 0 Å². The Morgan fingerprint density at radius 3 is 2.85 bits per heavy atom. The molecule has 110 valence electrons. The standard InChI is InChI=1S/C14H18FNO3S/c1-3-20(17,18)16-10(2)12-6-7-13(15)14(8-12)19-9-11-4-5-11/h3,6-8,10-11,16H,1,4-5,9H2,2H3/t10-/m1/s1. The zero-order chi connectivity index (χ0) is 14.8. The second kappa shape index (κ2) is 5.93. The lowest BCUT2D eigenvalue weighted by atomic mass is 10.1. The van der Waals surface area contributed by atoms with Gasteiger partial charge in [0.15, 0.2) is 11.6 Å². The van der Waals surface area contributed by atoms with Gasteiger partial charge < -0.3 is 4.74 Å². The van der Waals surface area contributed by atoms with Crippen LogP contribution < -0.4 is 9.46 Å². The van der Waals surface area contributed by atoms with Crippen molar-refractivity contribution < 1.29 is 17.5 Å². The average molecular weight is 299 g/mol. The smallest absolute Gasteiger partial charge is 0.233 e. The molecule has 1 aliphatic carbocycles. The Kier molecular flexibility index (Phi) is 4.45. The maximum absolute atomic E-state index is 13.6. The lowest BCUT2D eigenvalue weighted by molar-refractivity contribution is 0.285. The summed E-state index contributed by atoms with van der Waals surface area (Å²) < 4.78 is 44.3. The molecule has 0 spiro atoms. The maximum atomic E-state index is 13.6. The van der Waals surface area contributed by atoms with Gasteiger partial charge in [-0.05, 0) is 43.4 Å². The summed E-state index contributed by atoms with van der Waals surface area (Å²) in [5.41, 5.74) is 0.641. The average Bonchev–Trinajstić information content (AvgIpc) is 3.21. The second-order valence-electron chi connectivity index (χ2n) is 5.00. The molecule has 1 aromatic carbocycles. The number of rotatable bonds is 7. The zero-order valence-corrected chi connectivity index (χ0v) is 12.1. The Bertz CT molecular complexity index is 596. The van der Waals surface area contributed by atoms with Gasteiger partial charge in [-0.3, -0.25) is 0 Å². The van der Waals surface area contributed by atoms with Crippen LogP contribution >= 0.6 is 0 Å². The summed E-state index contributed by atoms with van der Waals surface area (Å²) in [6.07, 6.45) is 2.24. The van der Waals surface area contributed by atoms with Gasteiger partial charge in [0, 0.05) is 11.4 Å². The first-order valence-electron chi connectivity index (χ1n) is 6.48. The predicted molar refractivity (Wildman–Crippen MR) is 75.3 cm³/mol. The summed E-state index contributed by atoms with van der Waals surface area (Å²) in [6, 6.07) is 3.88. The van der Waals surface area contributed by atoms with E-state index in [4.69, 9.17) is 4.74 Å². The van der Waals surface area contributed by atoms with Gasteiger partial charge in [-0.25, -0.2) is 17.5 Å². The number of nitrogens with one attached hydrogen (secondary N) is 1. The molecule has 0 unspecified atom stereocenters. The molecule has 0 amide bonds. The monoisotopic (exact) mass is 299 g/mol. The Labute approximate surface area is 118 Å². The molecule has 1 aliphatic rings. The Morgan fingerprint density at radius 1 is 1.55 bits per heavy atom. The summed E-state index contributed by atoms with van der Waals surface area (Å²) in [6.45, 7) is 5.42. The predicted octanol–water partition coefficient (Wildman–Crippen LogP) is 2.74. The molecular formula is C14H18FNO3S. The fourth-order valence-electron chi connectivity index (χ4n) is 1.75. The maximum Gasteiger partial charge on any atom is 0.233 e. The van der Waals surface area contributed by atoms with Crippen molar-refractivity contribution in [3.8, 4) is 5.75 Å². The fraction of sp³-hybridized carbons (Fsp3) is 0.429. The number of hydrogen-bond acceptors (Lipinski definition) is 3. The third kappa shape index (κ3) is 4.05. The molecule has 1 aromatic rings. The van der Waals surface area contributed by atoms with Crippen molar-refractivity contribution in [3.63, 3.8) is 0 Å². The molecule has 0 bridgehead atoms. The number of hydrogen-bond donors (Lipinski definition) is 1. The van der Waals surface area contributed by atoms with Crippen LogP contribution in [0, 0.1) is 11.7 Å². The second-order valence-corrected chi connectivity index (χ2v) is 6.65. The number of ether oxygens (including phenoxy) is 1. The molecule has 6 heteroatoms. The van der Waals surface area contributed by atoms with E-state index >= 15 is 0 Å². The first kappa shape index (κ1) is 15.0. The molecule has 20 heavy (non-hydrogen) atoms. The molecule has 1 N–H and O–H groups in total. The summed E-state index contributed by atoms with van der Waals surface area (Å²) in [5.74, 6) is 0.252. The van der Waals surface area contributed by atoms with Crippen LogP contribution in [0.5, 0.6) is 5.75 Å². The van der Waals surface area contributed by atoms with Gasteiger partial charge in [-0.1, -0.05) is 12.6 Å². The van der Waals surface area contributed by atoms with Crippen molar-refractivity contribution in [2.75, 3.05) is 6.61 Å². The van der Waals surface area contributed by atoms with E-state index in [1.165, 1.54) is 18.2 Å². The number of benzene rings is 1. The summed E-state index contributed by atoms with van der Waals surface area (Å²) in [5, 5.41) is 0.845. The molecule has 0 aromatic heterocycles. The third-order valence-corrected chi connectivity index (χ3v) is 4.31. The van der Waals surface area contributed by atoms with Gasteiger partial charge in [0.2, 0.25) is 10.0 Å². The molecule has 0 heterocycles. The SMILES string of the molecule is C=CS(=O)(=O)N[C@H](C)c1ccc(F)c(OCC2CC2)c1. The molecule has 1 atom stereocenters. The highest BCUT2D eigenvalue weighted by molar-refractivity contribution is 7.92. The van der Waals surface area contributed by atoms with Crippen LogP contribution in [0.4, 0.5) is 4.39 Å². The van der Waals surface area contributed by atoms with E-state index in [-0.39, 0.29) is 5.75 Å². The zero-order valence-electron chi connectivity index (χ0n) is 11.3. The highest BCUT2D eigenvalue weighted by Crippen LogP contribution is 2.31. The van der Waals surface area contributed by atoms with Gasteiger partial charge in [0.25, 0.3) is 0 Å². The van der Waals surface area contributed by atoms with Gasteiger partial charge >= 0.3 is 0 Å². The lowest BCUT2D eigenvalue weighted by Gasteiger charge is -2.15. The first-order valence-corrected chi connectivity index (χ1v) is 8.03. The van der Waals surface area contributed by atoms with Crippen LogP contribution in [0.2, 0.25) is 0 Å². The van der Waals surface area contributed by atoms with Crippen LogP contribution in [0.25, 0.3) is 0 Å². The van der Waals surface area contributed by atoms with Crippen molar-refractivity contribution in [3.05, 3.63) is 41.6 Å². The highest BCUT2D eigenvalue weighted by atomic mass is 32.2. The number of sulfonamides is 1. The van der Waals surface area contributed by atoms with Crippen LogP contribution in [0.15, 0.2) is 30.2 Å². The van der Waals surface area contributed by atoms with Crippen LogP contribution in [0.3, 0.4) is 0 Å². The van der Waals surface area contributed by atoms with E-state index in [9.17, 15) is 12.8 Å². The Balaban J connectivity index is 2.10. The summed E-state index contributed by atoms with van der Waals surface area (Å²) in [7, 11) is -3.53. The van der Waals surface area contributed by atoms with E-state index < -0.39 is 21.9 Å². The topological polar surface area (TPSA) is 55.4 Å². The van der Waals surface area contributed by atoms with Gasteiger partial charge in [0.05, 0.1) is 6.61 Å². The van der Waals surface area contributed by atoms with Crippen molar-refractivity contribution in [2.24, 2.45) is 5.92 Å². The minimum absolute atomic E-state index is 0.166. The Hall–Kier alpha value is -1.40. The van der Waals surface area contributed by atoms with Crippen LogP contribution in [-0.2, 0) is 10.0 Å². The summed E-state index contributed by atoms with van der Waals surface area (Å²) in [4.78, 5) is 0. The van der Waals surface area contributed by atoms with E-state index in [1.54, 1.807) is 6.92 Å². The molecule has 4 nitrogen and oxygen atoms in total. The minimum atomic E-state index is -3.53. The largest absolute Gasteiger partial charge is 0.490 e. The molecule has 1 fully saturated rings. The highest BCUT2D eigenvalue weighted by Gasteiger charge is 2.23. The fourth-order valence-corrected chi connectivity index (χ4v) is 2.48. The van der Waals surface area contributed by atoms with E-state index in [0.717, 1.165) is 18.2 Å². The van der Waals surface area contributed by atoms with Crippen LogP contribution in [-0.4, -0.2) is 15.0 Å². The van der Waals surface area contributed by atoms with E-state index in [2.05, 4.69) is 11.3 Å². The van der Waals surface area contributed by atoms with Crippen molar-refractivity contribution >= 4 is 10.0 Å². The van der Waals surface area contributed by atoms with Crippen molar-refractivity contribution in [1.29, 1.82) is 0 Å². The number of halogens is 1. The Morgan fingerprint density at radius 2 is 2.25 bits per heavy atom. The quantitative estimate of drug-likeness (QED) is 0.842. The molecule has 1 saturated carbocycles. The molecule has 2 rings (SSSR count). The van der Waals surface area contributed by atoms with Crippen molar-refractivity contribution in [1.82, 2.24) is 4.72 Å². The molecule has 0 radical (unpaired) electrons. The van der Waals surface area contributed by atoms with Gasteiger partial charge in [-0.2, -0.15) is 0 Å². The normalized spacial score (nSPS) is 16.7. The first-order chi connectivity index (χ1) is 9.41. The van der Waals surface area contributed by atoms with Gasteiger partial charge in [0.1, 0.15) is 0 Å². The van der Waals surface area contributed by atoms with Crippen LogP contribution in [0.1, 0.15) is 31.4 Å². The molecule has 0 aliphatic heterocycles. The molecular weight excluding hydrogens is 281 g/mol. The van der Waals surface area contributed by atoms with Crippen molar-refractivity contribution in [2.45, 2.75) is 25.8 Å². The molecule has 0 saturated heterocycles. The third-order valence-electron chi connectivity index (χ3n) is 3.19.